The van der Waals surface area contributed by atoms with Gasteiger partial charge in [0, 0.05) is 11.9 Å². The molecule has 0 saturated heterocycles. The van der Waals surface area contributed by atoms with E-state index in [1.165, 1.54) is 24.8 Å². The number of benzene rings is 1. The Morgan fingerprint density at radius 2 is 1.85 bits per heavy atom. The van der Waals surface area contributed by atoms with Crippen molar-refractivity contribution in [2.45, 2.75) is 51.9 Å². The SMILES string of the molecule is CC(C)c1ccccc1NC(=O)NC=C1CCCCC1. The van der Waals surface area contributed by atoms with Crippen LogP contribution in [-0.2, 0) is 0 Å². The normalized spacial score (nSPS) is 15.1. The van der Waals surface area contributed by atoms with E-state index < -0.39 is 0 Å². The molecule has 3 heteroatoms. The Morgan fingerprint density at radius 3 is 2.55 bits per heavy atom. The van der Waals surface area contributed by atoms with Crippen molar-refractivity contribution < 1.29 is 4.79 Å². The first-order valence-electron chi connectivity index (χ1n) is 7.51. The first kappa shape index (κ1) is 14.6. The van der Waals surface area contributed by atoms with Gasteiger partial charge in [0.15, 0.2) is 0 Å². The van der Waals surface area contributed by atoms with Gasteiger partial charge in [0.2, 0.25) is 0 Å². The van der Waals surface area contributed by atoms with Gasteiger partial charge in [-0.25, -0.2) is 4.79 Å². The maximum Gasteiger partial charge on any atom is 0.323 e. The Morgan fingerprint density at radius 1 is 1.15 bits per heavy atom. The molecule has 2 amide bonds. The first-order chi connectivity index (χ1) is 9.66. The zero-order valence-corrected chi connectivity index (χ0v) is 12.4. The lowest BCUT2D eigenvalue weighted by Crippen LogP contribution is -2.25. The quantitative estimate of drug-likeness (QED) is 0.817. The number of hydrogen-bond acceptors (Lipinski definition) is 1. The fraction of sp³-hybridized carbons (Fsp3) is 0.471. The second-order valence-electron chi connectivity index (χ2n) is 5.70. The number of carbonyl (C=O) groups excluding carboxylic acids is 1. The highest BCUT2D eigenvalue weighted by Crippen LogP contribution is 2.24. The Balaban J connectivity index is 1.94. The maximum atomic E-state index is 12.0. The molecule has 2 rings (SSSR count). The van der Waals surface area contributed by atoms with Crippen LogP contribution in [0.25, 0.3) is 0 Å². The molecule has 1 fully saturated rings. The highest BCUT2D eigenvalue weighted by atomic mass is 16.2. The van der Waals surface area contributed by atoms with E-state index in [0.29, 0.717) is 5.92 Å². The second kappa shape index (κ2) is 7.13. The molecule has 0 unspecified atom stereocenters. The summed E-state index contributed by atoms with van der Waals surface area (Å²) in [6, 6.07) is 7.79. The number of para-hydroxylation sites is 1. The highest BCUT2D eigenvalue weighted by molar-refractivity contribution is 5.90. The van der Waals surface area contributed by atoms with E-state index in [1.54, 1.807) is 0 Å². The van der Waals surface area contributed by atoms with Crippen molar-refractivity contribution in [3.8, 4) is 0 Å². The van der Waals surface area contributed by atoms with Crippen molar-refractivity contribution in [3.05, 3.63) is 41.6 Å². The molecule has 2 N–H and O–H groups in total. The number of rotatable bonds is 3. The minimum absolute atomic E-state index is 0.156. The lowest BCUT2D eigenvalue weighted by atomic mass is 9.96. The number of urea groups is 1. The molecule has 0 aliphatic heterocycles. The molecule has 1 aromatic rings. The zero-order chi connectivity index (χ0) is 14.4. The molecular weight excluding hydrogens is 248 g/mol. The van der Waals surface area contributed by atoms with Crippen LogP contribution in [0.4, 0.5) is 10.5 Å². The fourth-order valence-corrected chi connectivity index (χ4v) is 2.59. The summed E-state index contributed by atoms with van der Waals surface area (Å²) >= 11 is 0. The Hall–Kier alpha value is -1.77. The average molecular weight is 272 g/mol. The van der Waals surface area contributed by atoms with Crippen LogP contribution in [0.2, 0.25) is 0 Å². The Labute approximate surface area is 121 Å². The molecule has 0 atom stereocenters. The van der Waals surface area contributed by atoms with E-state index in [4.69, 9.17) is 0 Å². The largest absolute Gasteiger partial charge is 0.323 e. The molecule has 0 heterocycles. The third-order valence-electron chi connectivity index (χ3n) is 3.73. The smallest absolute Gasteiger partial charge is 0.314 e. The van der Waals surface area contributed by atoms with Crippen molar-refractivity contribution in [2.24, 2.45) is 0 Å². The zero-order valence-electron chi connectivity index (χ0n) is 12.4. The number of carbonyl (C=O) groups is 1. The molecule has 1 aliphatic rings. The van der Waals surface area contributed by atoms with Crippen LogP contribution in [0.5, 0.6) is 0 Å². The molecule has 108 valence electrons. The second-order valence-corrected chi connectivity index (χ2v) is 5.70. The molecule has 1 aromatic carbocycles. The number of allylic oxidation sites excluding steroid dienone is 1. The molecule has 0 radical (unpaired) electrons. The van der Waals surface area contributed by atoms with Gasteiger partial charge in [-0.2, -0.15) is 0 Å². The van der Waals surface area contributed by atoms with Gasteiger partial charge in [0.1, 0.15) is 0 Å². The van der Waals surface area contributed by atoms with E-state index >= 15 is 0 Å². The number of anilines is 1. The average Bonchev–Trinajstić information content (AvgIpc) is 2.46. The molecule has 1 aliphatic carbocycles. The minimum Gasteiger partial charge on any atom is -0.314 e. The summed E-state index contributed by atoms with van der Waals surface area (Å²) in [6.07, 6.45) is 7.90. The van der Waals surface area contributed by atoms with Gasteiger partial charge in [-0.3, -0.25) is 0 Å². The Bertz CT molecular complexity index is 484. The lowest BCUT2D eigenvalue weighted by Gasteiger charge is -2.15. The molecule has 1 saturated carbocycles. The van der Waals surface area contributed by atoms with Crippen LogP contribution >= 0.6 is 0 Å². The molecule has 0 spiro atoms. The summed E-state index contributed by atoms with van der Waals surface area (Å²) in [5, 5.41) is 5.79. The highest BCUT2D eigenvalue weighted by Gasteiger charge is 2.09. The van der Waals surface area contributed by atoms with Crippen LogP contribution in [-0.4, -0.2) is 6.03 Å². The van der Waals surface area contributed by atoms with Crippen molar-refractivity contribution in [2.75, 3.05) is 5.32 Å². The van der Waals surface area contributed by atoms with Crippen molar-refractivity contribution in [3.63, 3.8) is 0 Å². The topological polar surface area (TPSA) is 41.1 Å². The third kappa shape index (κ3) is 4.12. The van der Waals surface area contributed by atoms with Gasteiger partial charge in [-0.05, 0) is 43.2 Å². The van der Waals surface area contributed by atoms with Crippen LogP contribution in [0.1, 0.15) is 57.4 Å². The van der Waals surface area contributed by atoms with Gasteiger partial charge >= 0.3 is 6.03 Å². The van der Waals surface area contributed by atoms with Gasteiger partial charge in [-0.1, -0.05) is 44.0 Å². The number of hydrogen-bond donors (Lipinski definition) is 2. The standard InChI is InChI=1S/C17H24N2O/c1-13(2)15-10-6-7-11-16(15)19-17(20)18-12-14-8-4-3-5-9-14/h6-7,10-13H,3-5,8-9H2,1-2H3,(H2,18,19,20). The van der Waals surface area contributed by atoms with Crippen molar-refractivity contribution in [1.29, 1.82) is 0 Å². The van der Waals surface area contributed by atoms with Crippen molar-refractivity contribution in [1.82, 2.24) is 5.32 Å². The predicted octanol–water partition coefficient (Wildman–Crippen LogP) is 4.78. The minimum atomic E-state index is -0.156. The van der Waals surface area contributed by atoms with Gasteiger partial charge < -0.3 is 10.6 Å². The van der Waals surface area contributed by atoms with E-state index in [9.17, 15) is 4.79 Å². The first-order valence-corrected chi connectivity index (χ1v) is 7.51. The lowest BCUT2D eigenvalue weighted by molar-refractivity contribution is 0.255. The van der Waals surface area contributed by atoms with Gasteiger partial charge in [0.25, 0.3) is 0 Å². The number of amides is 2. The molecular formula is C17H24N2O. The van der Waals surface area contributed by atoms with Crippen LogP contribution in [0, 0.1) is 0 Å². The monoisotopic (exact) mass is 272 g/mol. The van der Waals surface area contributed by atoms with E-state index in [2.05, 4.69) is 30.5 Å². The van der Waals surface area contributed by atoms with Crippen molar-refractivity contribution >= 4 is 11.7 Å². The molecule has 0 aromatic heterocycles. The van der Waals surface area contributed by atoms with E-state index in [1.807, 2.05) is 24.4 Å². The van der Waals surface area contributed by atoms with Crippen LogP contribution in [0.15, 0.2) is 36.0 Å². The summed E-state index contributed by atoms with van der Waals surface area (Å²) in [7, 11) is 0. The summed E-state index contributed by atoms with van der Waals surface area (Å²) in [5.41, 5.74) is 3.40. The summed E-state index contributed by atoms with van der Waals surface area (Å²) in [4.78, 5) is 12.0. The van der Waals surface area contributed by atoms with Gasteiger partial charge in [-0.15, -0.1) is 0 Å². The van der Waals surface area contributed by atoms with Gasteiger partial charge in [0.05, 0.1) is 0 Å². The summed E-state index contributed by atoms with van der Waals surface area (Å²) < 4.78 is 0. The van der Waals surface area contributed by atoms with Crippen LogP contribution in [0.3, 0.4) is 0 Å². The summed E-state index contributed by atoms with van der Waals surface area (Å²) in [6.45, 7) is 4.25. The molecule has 3 nitrogen and oxygen atoms in total. The predicted molar refractivity (Wildman–Crippen MR) is 83.9 cm³/mol. The van der Waals surface area contributed by atoms with E-state index in [-0.39, 0.29) is 6.03 Å². The van der Waals surface area contributed by atoms with E-state index in [0.717, 1.165) is 24.1 Å². The Kier molecular flexibility index (Phi) is 5.22. The molecule has 20 heavy (non-hydrogen) atoms. The fourth-order valence-electron chi connectivity index (χ4n) is 2.59. The number of nitrogens with one attached hydrogen (secondary N) is 2. The third-order valence-corrected chi connectivity index (χ3v) is 3.73. The summed E-state index contributed by atoms with van der Waals surface area (Å²) in [5.74, 6) is 0.392. The molecule has 0 bridgehead atoms. The van der Waals surface area contributed by atoms with Crippen LogP contribution < -0.4 is 10.6 Å². The maximum absolute atomic E-state index is 12.0.